The van der Waals surface area contributed by atoms with Crippen LogP contribution < -0.4 is 0 Å². The monoisotopic (exact) mass is 261 g/mol. The number of nitro groups is 1. The second kappa shape index (κ2) is 6.06. The third kappa shape index (κ3) is 4.04. The molecule has 1 aromatic heterocycles. The second-order valence-corrected chi connectivity index (χ2v) is 5.32. The largest absolute Gasteiger partial charge is 0.391 e. The smallest absolute Gasteiger partial charge is 0.324 e. The molecular weight excluding hydrogens is 244 g/mol. The third-order valence-electron chi connectivity index (χ3n) is 2.64. The van der Waals surface area contributed by atoms with E-state index in [1.807, 2.05) is 7.05 Å². The predicted octanol–water partition coefficient (Wildman–Crippen LogP) is 0.587. The van der Waals surface area contributed by atoms with Crippen LogP contribution in [-0.2, 0) is 6.54 Å². The number of hydrogen-bond acceptors (Lipinski definition) is 5. The molecule has 0 atom stereocenters. The Hall–Kier alpha value is -1.02. The Morgan fingerprint density at radius 2 is 1.94 bits per heavy atom. The molecule has 0 fully saturated rings. The van der Waals surface area contributed by atoms with Gasteiger partial charge in [-0.1, -0.05) is 11.3 Å². The third-order valence-corrected chi connectivity index (χ3v) is 3.67. The molecular formula is C10H17N2O4S+. The van der Waals surface area contributed by atoms with Crippen LogP contribution in [0.1, 0.15) is 4.88 Å². The zero-order chi connectivity index (χ0) is 12.9. The molecule has 0 aliphatic carbocycles. The van der Waals surface area contributed by atoms with Crippen molar-refractivity contribution in [1.82, 2.24) is 0 Å². The van der Waals surface area contributed by atoms with Crippen LogP contribution in [0.4, 0.5) is 5.00 Å². The van der Waals surface area contributed by atoms with Gasteiger partial charge in [-0.05, 0) is 6.07 Å². The molecule has 2 N–H and O–H groups in total. The summed E-state index contributed by atoms with van der Waals surface area (Å²) in [6.45, 7) is 1.69. The Kier molecular flexibility index (Phi) is 5.01. The Balaban J connectivity index is 2.74. The van der Waals surface area contributed by atoms with Crippen molar-refractivity contribution in [2.24, 2.45) is 0 Å². The van der Waals surface area contributed by atoms with Crippen LogP contribution in [0.3, 0.4) is 0 Å². The summed E-state index contributed by atoms with van der Waals surface area (Å²) in [5, 5.41) is 28.7. The van der Waals surface area contributed by atoms with E-state index < -0.39 is 4.92 Å². The fourth-order valence-electron chi connectivity index (χ4n) is 1.68. The van der Waals surface area contributed by atoms with E-state index in [2.05, 4.69) is 0 Å². The lowest BCUT2D eigenvalue weighted by molar-refractivity contribution is -0.922. The molecule has 0 aliphatic rings. The topological polar surface area (TPSA) is 83.6 Å². The first-order chi connectivity index (χ1) is 8.00. The molecule has 0 radical (unpaired) electrons. The molecule has 0 aliphatic heterocycles. The molecule has 0 unspecified atom stereocenters. The summed E-state index contributed by atoms with van der Waals surface area (Å²) in [5.41, 5.74) is 0. The van der Waals surface area contributed by atoms with Crippen LogP contribution in [0.15, 0.2) is 12.1 Å². The molecule has 0 amide bonds. The van der Waals surface area contributed by atoms with Crippen LogP contribution in [-0.4, -0.2) is 53.0 Å². The molecule has 1 aromatic rings. The number of nitrogens with zero attached hydrogens (tertiary/aromatic N) is 2. The van der Waals surface area contributed by atoms with E-state index in [9.17, 15) is 10.1 Å². The zero-order valence-electron chi connectivity index (χ0n) is 9.70. The lowest BCUT2D eigenvalue weighted by Gasteiger charge is -2.32. The Morgan fingerprint density at radius 3 is 2.35 bits per heavy atom. The highest BCUT2D eigenvalue weighted by atomic mass is 32.1. The standard InChI is InChI=1S/C10H17N2O4S/c1-12(4-6-13,5-7-14)8-9-2-3-10(17-9)11(15)16/h2-3,13-14H,4-8H2,1H3/q+1. The van der Waals surface area contributed by atoms with E-state index >= 15 is 0 Å². The molecule has 7 heteroatoms. The molecule has 0 spiro atoms. The van der Waals surface area contributed by atoms with Gasteiger partial charge in [0.2, 0.25) is 0 Å². The summed E-state index contributed by atoms with van der Waals surface area (Å²) >= 11 is 1.14. The van der Waals surface area contributed by atoms with Gasteiger partial charge in [-0.2, -0.15) is 0 Å². The van der Waals surface area contributed by atoms with Crippen molar-refractivity contribution in [3.63, 3.8) is 0 Å². The first kappa shape index (κ1) is 14.0. The summed E-state index contributed by atoms with van der Waals surface area (Å²) in [6, 6.07) is 3.22. The van der Waals surface area contributed by atoms with Crippen molar-refractivity contribution < 1.29 is 19.6 Å². The van der Waals surface area contributed by atoms with Gasteiger partial charge >= 0.3 is 5.00 Å². The first-order valence-corrected chi connectivity index (χ1v) is 6.11. The number of likely N-dealkylation sites (N-methyl/N-ethyl adjacent to an activating group) is 1. The molecule has 0 saturated carbocycles. The highest BCUT2D eigenvalue weighted by Gasteiger charge is 2.23. The Labute approximate surface area is 103 Å². The first-order valence-electron chi connectivity index (χ1n) is 5.29. The summed E-state index contributed by atoms with van der Waals surface area (Å²) in [6.07, 6.45) is 0. The quantitative estimate of drug-likeness (QED) is 0.427. The van der Waals surface area contributed by atoms with E-state index in [0.29, 0.717) is 24.1 Å². The molecule has 1 rings (SSSR count). The van der Waals surface area contributed by atoms with Gasteiger partial charge in [0.25, 0.3) is 0 Å². The maximum Gasteiger partial charge on any atom is 0.324 e. The summed E-state index contributed by atoms with van der Waals surface area (Å²) < 4.78 is 0.477. The molecule has 96 valence electrons. The van der Waals surface area contributed by atoms with Gasteiger partial charge in [0.1, 0.15) is 19.6 Å². The van der Waals surface area contributed by atoms with E-state index in [-0.39, 0.29) is 18.2 Å². The number of aliphatic hydroxyl groups excluding tert-OH is 2. The van der Waals surface area contributed by atoms with E-state index in [0.717, 1.165) is 16.2 Å². The van der Waals surface area contributed by atoms with Crippen molar-refractivity contribution in [3.05, 3.63) is 27.1 Å². The Morgan fingerprint density at radius 1 is 1.35 bits per heavy atom. The minimum absolute atomic E-state index is 0.0317. The fraction of sp³-hybridized carbons (Fsp3) is 0.600. The summed E-state index contributed by atoms with van der Waals surface area (Å²) in [7, 11) is 1.91. The lowest BCUT2D eigenvalue weighted by atomic mass is 10.3. The van der Waals surface area contributed by atoms with Crippen molar-refractivity contribution in [1.29, 1.82) is 0 Å². The predicted molar refractivity (Wildman–Crippen MR) is 64.8 cm³/mol. The SMILES string of the molecule is C[N+](CCO)(CCO)Cc1ccc([N+](=O)[O-])s1. The number of quaternary nitrogens is 1. The normalized spacial score (nSPS) is 11.7. The van der Waals surface area contributed by atoms with Gasteiger partial charge in [0.15, 0.2) is 0 Å². The zero-order valence-corrected chi connectivity index (χ0v) is 10.5. The van der Waals surface area contributed by atoms with E-state index in [1.165, 1.54) is 6.07 Å². The Bertz CT molecular complexity index is 374. The van der Waals surface area contributed by atoms with Crippen molar-refractivity contribution in [3.8, 4) is 0 Å². The highest BCUT2D eigenvalue weighted by Crippen LogP contribution is 2.26. The van der Waals surface area contributed by atoms with Crippen molar-refractivity contribution in [2.75, 3.05) is 33.4 Å². The van der Waals surface area contributed by atoms with E-state index in [4.69, 9.17) is 10.2 Å². The number of hydrogen-bond donors (Lipinski definition) is 2. The van der Waals surface area contributed by atoms with Crippen LogP contribution in [0.25, 0.3) is 0 Å². The van der Waals surface area contributed by atoms with Crippen LogP contribution in [0, 0.1) is 10.1 Å². The summed E-state index contributed by atoms with van der Waals surface area (Å²) in [4.78, 5) is 11.0. The van der Waals surface area contributed by atoms with Crippen LogP contribution in [0.5, 0.6) is 0 Å². The van der Waals surface area contributed by atoms with Crippen LogP contribution >= 0.6 is 11.3 Å². The minimum Gasteiger partial charge on any atom is -0.391 e. The second-order valence-electron chi connectivity index (χ2n) is 4.17. The maximum atomic E-state index is 10.6. The van der Waals surface area contributed by atoms with Gasteiger partial charge in [0.05, 0.1) is 30.1 Å². The maximum absolute atomic E-state index is 10.6. The van der Waals surface area contributed by atoms with Gasteiger partial charge in [-0.25, -0.2) is 0 Å². The van der Waals surface area contributed by atoms with Crippen molar-refractivity contribution >= 4 is 16.3 Å². The van der Waals surface area contributed by atoms with E-state index in [1.54, 1.807) is 6.07 Å². The molecule has 0 aromatic carbocycles. The van der Waals surface area contributed by atoms with Gasteiger partial charge in [-0.3, -0.25) is 10.1 Å². The molecule has 0 saturated heterocycles. The molecule has 6 nitrogen and oxygen atoms in total. The van der Waals surface area contributed by atoms with Gasteiger partial charge < -0.3 is 14.7 Å². The average molecular weight is 261 g/mol. The van der Waals surface area contributed by atoms with Gasteiger partial charge in [0, 0.05) is 6.07 Å². The van der Waals surface area contributed by atoms with Gasteiger partial charge in [-0.15, -0.1) is 0 Å². The highest BCUT2D eigenvalue weighted by molar-refractivity contribution is 7.15. The average Bonchev–Trinajstić information content (AvgIpc) is 2.66. The molecule has 1 heterocycles. The molecule has 0 bridgehead atoms. The van der Waals surface area contributed by atoms with Crippen molar-refractivity contribution in [2.45, 2.75) is 6.54 Å². The fourth-order valence-corrected chi connectivity index (χ4v) is 2.67. The number of aliphatic hydroxyl groups is 2. The number of rotatable bonds is 7. The van der Waals surface area contributed by atoms with Crippen LogP contribution in [0.2, 0.25) is 0 Å². The summed E-state index contributed by atoms with van der Waals surface area (Å²) in [5.74, 6) is 0. The number of thiophene rings is 1. The minimum atomic E-state index is -0.406. The lowest BCUT2D eigenvalue weighted by Crippen LogP contribution is -2.47. The molecule has 17 heavy (non-hydrogen) atoms.